The standard InChI is InChI=1S/C9H16O/c1-7-5-3-4-6-8(2)9(7)10/h7-8H,3-6H2,1-2H3/t7-,8+. The quantitative estimate of drug-likeness (QED) is 0.472. The molecule has 0 radical (unpaired) electrons. The molecule has 0 aromatic rings. The van der Waals surface area contributed by atoms with Crippen LogP contribution in [0.4, 0.5) is 0 Å². The molecule has 1 saturated carbocycles. The van der Waals surface area contributed by atoms with Crippen LogP contribution in [0.1, 0.15) is 39.5 Å². The Kier molecular flexibility index (Phi) is 2.47. The van der Waals surface area contributed by atoms with E-state index in [0.29, 0.717) is 17.6 Å². The van der Waals surface area contributed by atoms with Crippen molar-refractivity contribution in [3.8, 4) is 0 Å². The van der Waals surface area contributed by atoms with E-state index in [4.69, 9.17) is 0 Å². The van der Waals surface area contributed by atoms with E-state index in [1.807, 2.05) is 0 Å². The second-order valence-electron chi connectivity index (χ2n) is 3.49. The van der Waals surface area contributed by atoms with Crippen LogP contribution in [0.25, 0.3) is 0 Å². The van der Waals surface area contributed by atoms with Crippen LogP contribution in [0.5, 0.6) is 0 Å². The summed E-state index contributed by atoms with van der Waals surface area (Å²) in [5.41, 5.74) is 0. The molecular weight excluding hydrogens is 124 g/mol. The van der Waals surface area contributed by atoms with E-state index in [1.165, 1.54) is 12.8 Å². The molecule has 0 spiro atoms. The minimum Gasteiger partial charge on any atom is -0.299 e. The van der Waals surface area contributed by atoms with Crippen molar-refractivity contribution >= 4 is 5.78 Å². The van der Waals surface area contributed by atoms with Gasteiger partial charge in [0.2, 0.25) is 0 Å². The Morgan fingerprint density at radius 3 is 1.90 bits per heavy atom. The molecule has 0 aromatic carbocycles. The van der Waals surface area contributed by atoms with Crippen LogP contribution >= 0.6 is 0 Å². The monoisotopic (exact) mass is 140 g/mol. The van der Waals surface area contributed by atoms with Crippen molar-refractivity contribution in [1.82, 2.24) is 0 Å². The van der Waals surface area contributed by atoms with Gasteiger partial charge in [-0.05, 0) is 12.8 Å². The smallest absolute Gasteiger partial charge is 0.138 e. The van der Waals surface area contributed by atoms with Crippen LogP contribution in [-0.4, -0.2) is 5.78 Å². The van der Waals surface area contributed by atoms with Crippen molar-refractivity contribution in [2.24, 2.45) is 11.8 Å². The van der Waals surface area contributed by atoms with Gasteiger partial charge in [-0.2, -0.15) is 0 Å². The van der Waals surface area contributed by atoms with E-state index in [2.05, 4.69) is 13.8 Å². The fourth-order valence-corrected chi connectivity index (χ4v) is 1.67. The highest BCUT2D eigenvalue weighted by molar-refractivity contribution is 5.82. The van der Waals surface area contributed by atoms with Crippen LogP contribution in [0.15, 0.2) is 0 Å². The highest BCUT2D eigenvalue weighted by atomic mass is 16.1. The van der Waals surface area contributed by atoms with Crippen molar-refractivity contribution in [1.29, 1.82) is 0 Å². The van der Waals surface area contributed by atoms with Gasteiger partial charge in [0.1, 0.15) is 5.78 Å². The lowest BCUT2D eigenvalue weighted by Gasteiger charge is -2.09. The molecule has 10 heavy (non-hydrogen) atoms. The maximum absolute atomic E-state index is 11.3. The molecule has 1 heteroatoms. The van der Waals surface area contributed by atoms with E-state index in [1.54, 1.807) is 0 Å². The summed E-state index contributed by atoms with van der Waals surface area (Å²) in [5.74, 6) is 1.15. The number of rotatable bonds is 0. The average Bonchev–Trinajstić information content (AvgIpc) is 2.04. The zero-order valence-corrected chi connectivity index (χ0v) is 6.89. The fourth-order valence-electron chi connectivity index (χ4n) is 1.67. The van der Waals surface area contributed by atoms with Gasteiger partial charge in [-0.1, -0.05) is 26.7 Å². The summed E-state index contributed by atoms with van der Waals surface area (Å²) in [5, 5.41) is 0. The molecule has 0 aliphatic heterocycles. The van der Waals surface area contributed by atoms with E-state index in [0.717, 1.165) is 12.8 Å². The Bertz CT molecular complexity index is 115. The van der Waals surface area contributed by atoms with Crippen LogP contribution in [-0.2, 0) is 4.79 Å². The summed E-state index contributed by atoms with van der Waals surface area (Å²) >= 11 is 0. The molecule has 1 nitrogen and oxygen atoms in total. The minimum atomic E-state index is 0.331. The van der Waals surface area contributed by atoms with Crippen molar-refractivity contribution in [2.45, 2.75) is 39.5 Å². The molecule has 1 aliphatic carbocycles. The molecule has 0 heterocycles. The number of ketones is 1. The Morgan fingerprint density at radius 1 is 1.10 bits per heavy atom. The number of carbonyl (C=O) groups excluding carboxylic acids is 1. The van der Waals surface area contributed by atoms with Gasteiger partial charge in [0.15, 0.2) is 0 Å². The number of Topliss-reactive ketones (excluding diaryl/α,β-unsaturated/α-hetero) is 1. The molecule has 0 unspecified atom stereocenters. The summed E-state index contributed by atoms with van der Waals surface area (Å²) in [7, 11) is 0. The molecule has 1 aliphatic rings. The largest absolute Gasteiger partial charge is 0.299 e. The number of carbonyl (C=O) groups is 1. The van der Waals surface area contributed by atoms with Gasteiger partial charge in [-0.3, -0.25) is 4.79 Å². The van der Waals surface area contributed by atoms with Crippen LogP contribution in [0, 0.1) is 11.8 Å². The molecule has 0 bridgehead atoms. The molecular formula is C9H16O. The van der Waals surface area contributed by atoms with Crippen LogP contribution < -0.4 is 0 Å². The summed E-state index contributed by atoms with van der Waals surface area (Å²) in [6, 6.07) is 0. The zero-order valence-electron chi connectivity index (χ0n) is 6.89. The summed E-state index contributed by atoms with van der Waals surface area (Å²) in [4.78, 5) is 11.3. The van der Waals surface area contributed by atoms with Gasteiger partial charge >= 0.3 is 0 Å². The minimum absolute atomic E-state index is 0.331. The topological polar surface area (TPSA) is 17.1 Å². The van der Waals surface area contributed by atoms with Crippen molar-refractivity contribution in [2.75, 3.05) is 0 Å². The third-order valence-electron chi connectivity index (χ3n) is 2.50. The van der Waals surface area contributed by atoms with Gasteiger partial charge < -0.3 is 0 Å². The highest BCUT2D eigenvalue weighted by Crippen LogP contribution is 2.23. The van der Waals surface area contributed by atoms with Crippen molar-refractivity contribution < 1.29 is 4.79 Å². The normalized spacial score (nSPS) is 35.6. The molecule has 0 amide bonds. The lowest BCUT2D eigenvalue weighted by atomic mass is 9.95. The maximum Gasteiger partial charge on any atom is 0.138 e. The predicted octanol–water partition coefficient (Wildman–Crippen LogP) is 2.40. The third kappa shape index (κ3) is 1.59. The second-order valence-corrected chi connectivity index (χ2v) is 3.49. The third-order valence-corrected chi connectivity index (χ3v) is 2.50. The van der Waals surface area contributed by atoms with E-state index in [-0.39, 0.29) is 0 Å². The molecule has 58 valence electrons. The van der Waals surface area contributed by atoms with E-state index >= 15 is 0 Å². The van der Waals surface area contributed by atoms with Crippen LogP contribution in [0.3, 0.4) is 0 Å². The molecule has 1 rings (SSSR count). The van der Waals surface area contributed by atoms with Crippen molar-refractivity contribution in [3.63, 3.8) is 0 Å². The number of hydrogen-bond donors (Lipinski definition) is 0. The van der Waals surface area contributed by atoms with Crippen LogP contribution in [0.2, 0.25) is 0 Å². The molecule has 0 saturated heterocycles. The predicted molar refractivity (Wildman–Crippen MR) is 41.8 cm³/mol. The summed E-state index contributed by atoms with van der Waals surface area (Å²) < 4.78 is 0. The van der Waals surface area contributed by atoms with Gasteiger partial charge in [0.25, 0.3) is 0 Å². The van der Waals surface area contributed by atoms with Crippen molar-refractivity contribution in [3.05, 3.63) is 0 Å². The SMILES string of the molecule is C[C@@H]1CCCC[C@H](C)C1=O. The first kappa shape index (κ1) is 7.77. The Morgan fingerprint density at radius 2 is 1.50 bits per heavy atom. The summed E-state index contributed by atoms with van der Waals surface area (Å²) in [6.45, 7) is 4.12. The molecule has 1 fully saturated rings. The van der Waals surface area contributed by atoms with E-state index < -0.39 is 0 Å². The Hall–Kier alpha value is -0.330. The van der Waals surface area contributed by atoms with Gasteiger partial charge in [0.05, 0.1) is 0 Å². The zero-order chi connectivity index (χ0) is 7.56. The fraction of sp³-hybridized carbons (Fsp3) is 0.889. The molecule has 0 N–H and O–H groups in total. The first-order valence-corrected chi connectivity index (χ1v) is 4.25. The first-order valence-electron chi connectivity index (χ1n) is 4.25. The van der Waals surface area contributed by atoms with Gasteiger partial charge in [-0.15, -0.1) is 0 Å². The highest BCUT2D eigenvalue weighted by Gasteiger charge is 2.21. The lowest BCUT2D eigenvalue weighted by molar-refractivity contribution is -0.125. The molecule has 2 atom stereocenters. The Labute approximate surface area is 62.8 Å². The summed E-state index contributed by atoms with van der Waals surface area (Å²) in [6.07, 6.45) is 4.72. The first-order chi connectivity index (χ1) is 4.72. The van der Waals surface area contributed by atoms with Gasteiger partial charge in [-0.25, -0.2) is 0 Å². The second kappa shape index (κ2) is 3.18. The molecule has 0 aromatic heterocycles. The average molecular weight is 140 g/mol. The Balaban J connectivity index is 2.55. The lowest BCUT2D eigenvalue weighted by Crippen LogP contribution is -2.16. The van der Waals surface area contributed by atoms with Gasteiger partial charge in [0, 0.05) is 11.8 Å². The maximum atomic E-state index is 11.3. The van der Waals surface area contributed by atoms with E-state index in [9.17, 15) is 4.79 Å². The number of hydrogen-bond acceptors (Lipinski definition) is 1.